The Labute approximate surface area is 116 Å². The molecule has 2 nitrogen and oxygen atoms in total. The van der Waals surface area contributed by atoms with Crippen LogP contribution in [-0.4, -0.2) is 10.8 Å². The zero-order valence-electron chi connectivity index (χ0n) is 8.45. The van der Waals surface area contributed by atoms with Crippen molar-refractivity contribution < 1.29 is 9.18 Å². The molecule has 0 atom stereocenters. The van der Waals surface area contributed by atoms with Gasteiger partial charge in [0.15, 0.2) is 5.78 Å². The van der Waals surface area contributed by atoms with Crippen LogP contribution in [0.15, 0.2) is 36.7 Å². The van der Waals surface area contributed by atoms with E-state index in [-0.39, 0.29) is 11.3 Å². The summed E-state index contributed by atoms with van der Waals surface area (Å²) in [5.74, 6) is -0.831. The highest BCUT2D eigenvalue weighted by Crippen LogP contribution is 2.21. The Bertz CT molecular complexity index is 588. The number of nitrogens with zero attached hydrogens (tertiary/aromatic N) is 1. The summed E-state index contributed by atoms with van der Waals surface area (Å²) in [6, 6.07) is 6.11. The average molecular weight is 362 g/mol. The summed E-state index contributed by atoms with van der Waals surface area (Å²) >= 11 is 8.00. The number of hydrogen-bond acceptors (Lipinski definition) is 2. The highest BCUT2D eigenvalue weighted by molar-refractivity contribution is 14.1. The van der Waals surface area contributed by atoms with Crippen LogP contribution in [0.3, 0.4) is 0 Å². The van der Waals surface area contributed by atoms with E-state index in [4.69, 9.17) is 11.6 Å². The standard InChI is InChI=1S/C12H6ClFINO/c13-10-4-7(1-2-11(10)15)12(17)8-3-9(14)6-16-5-8/h1-6H. The lowest BCUT2D eigenvalue weighted by molar-refractivity contribution is 0.103. The van der Waals surface area contributed by atoms with Crippen molar-refractivity contribution in [2.24, 2.45) is 0 Å². The minimum atomic E-state index is -0.535. The third kappa shape index (κ3) is 2.81. The molecule has 1 aromatic heterocycles. The Morgan fingerprint density at radius 1 is 1.24 bits per heavy atom. The van der Waals surface area contributed by atoms with Crippen LogP contribution < -0.4 is 0 Å². The zero-order chi connectivity index (χ0) is 12.4. The largest absolute Gasteiger partial charge is 0.289 e. The average Bonchev–Trinajstić information content (AvgIpc) is 2.32. The number of ketones is 1. The van der Waals surface area contributed by atoms with E-state index in [1.807, 2.05) is 0 Å². The molecular weight excluding hydrogens is 355 g/mol. The summed E-state index contributed by atoms with van der Waals surface area (Å²) in [6.45, 7) is 0. The van der Waals surface area contributed by atoms with Crippen LogP contribution in [-0.2, 0) is 0 Å². The first kappa shape index (κ1) is 12.4. The second-order valence-electron chi connectivity index (χ2n) is 3.35. The van der Waals surface area contributed by atoms with Crippen LogP contribution in [0.1, 0.15) is 15.9 Å². The molecule has 0 aliphatic carbocycles. The summed E-state index contributed by atoms with van der Waals surface area (Å²) in [6.07, 6.45) is 2.38. The highest BCUT2D eigenvalue weighted by Gasteiger charge is 2.11. The van der Waals surface area contributed by atoms with Crippen molar-refractivity contribution in [3.8, 4) is 0 Å². The summed E-state index contributed by atoms with van der Waals surface area (Å²) < 4.78 is 13.8. The van der Waals surface area contributed by atoms with Gasteiger partial charge in [0.2, 0.25) is 0 Å². The quantitative estimate of drug-likeness (QED) is 0.603. The molecule has 0 aliphatic heterocycles. The lowest BCUT2D eigenvalue weighted by Crippen LogP contribution is -2.02. The van der Waals surface area contributed by atoms with Crippen LogP contribution in [0.2, 0.25) is 5.02 Å². The fraction of sp³-hybridized carbons (Fsp3) is 0. The van der Waals surface area contributed by atoms with Gasteiger partial charge < -0.3 is 0 Å². The van der Waals surface area contributed by atoms with Gasteiger partial charge in [0, 0.05) is 20.9 Å². The molecule has 0 bridgehead atoms. The van der Waals surface area contributed by atoms with Crippen molar-refractivity contribution in [2.45, 2.75) is 0 Å². The highest BCUT2D eigenvalue weighted by atomic mass is 127. The number of pyridine rings is 1. The summed E-state index contributed by atoms with van der Waals surface area (Å²) in [5, 5.41) is 0.501. The lowest BCUT2D eigenvalue weighted by Gasteiger charge is -2.02. The molecule has 0 fully saturated rings. The monoisotopic (exact) mass is 361 g/mol. The molecule has 0 saturated carbocycles. The molecular formula is C12H6ClFINO. The second kappa shape index (κ2) is 5.10. The number of carbonyl (C=O) groups excluding carboxylic acids is 1. The maximum Gasteiger partial charge on any atom is 0.194 e. The predicted octanol–water partition coefficient (Wildman–Crippen LogP) is 3.71. The Morgan fingerprint density at radius 2 is 2.00 bits per heavy atom. The van der Waals surface area contributed by atoms with Crippen LogP contribution in [0, 0.1) is 9.39 Å². The van der Waals surface area contributed by atoms with Gasteiger partial charge in [-0.3, -0.25) is 9.78 Å². The molecule has 2 rings (SSSR count). The summed E-state index contributed by atoms with van der Waals surface area (Å²) in [5.41, 5.74) is 0.630. The third-order valence-electron chi connectivity index (χ3n) is 2.15. The second-order valence-corrected chi connectivity index (χ2v) is 4.92. The van der Waals surface area contributed by atoms with Gasteiger partial charge in [0.25, 0.3) is 0 Å². The lowest BCUT2D eigenvalue weighted by atomic mass is 10.1. The SMILES string of the molecule is O=C(c1cncc(F)c1)c1ccc(I)c(Cl)c1. The van der Waals surface area contributed by atoms with Gasteiger partial charge >= 0.3 is 0 Å². The van der Waals surface area contributed by atoms with Crippen LogP contribution in [0.5, 0.6) is 0 Å². The van der Waals surface area contributed by atoms with E-state index in [1.165, 1.54) is 6.20 Å². The maximum atomic E-state index is 12.9. The Hall–Kier alpha value is -1.01. The number of benzene rings is 1. The number of rotatable bonds is 2. The molecule has 0 radical (unpaired) electrons. The van der Waals surface area contributed by atoms with E-state index >= 15 is 0 Å². The van der Waals surface area contributed by atoms with Crippen molar-refractivity contribution >= 4 is 40.0 Å². The van der Waals surface area contributed by atoms with Crippen LogP contribution in [0.25, 0.3) is 0 Å². The van der Waals surface area contributed by atoms with E-state index in [2.05, 4.69) is 27.6 Å². The smallest absolute Gasteiger partial charge is 0.194 e. The fourth-order valence-electron chi connectivity index (χ4n) is 1.34. The molecule has 2 aromatic rings. The Kier molecular flexibility index (Phi) is 3.73. The van der Waals surface area contributed by atoms with E-state index in [0.717, 1.165) is 15.8 Å². The molecule has 1 aromatic carbocycles. The third-order valence-corrected chi connectivity index (χ3v) is 3.72. The van der Waals surface area contributed by atoms with Gasteiger partial charge in [-0.25, -0.2) is 4.39 Å². The minimum Gasteiger partial charge on any atom is -0.289 e. The summed E-state index contributed by atoms with van der Waals surface area (Å²) in [4.78, 5) is 15.6. The Balaban J connectivity index is 2.40. The van der Waals surface area contributed by atoms with Crippen LogP contribution >= 0.6 is 34.2 Å². The first-order valence-electron chi connectivity index (χ1n) is 4.68. The minimum absolute atomic E-state index is 0.210. The van der Waals surface area contributed by atoms with Gasteiger partial charge in [-0.05, 0) is 46.9 Å². The van der Waals surface area contributed by atoms with Crippen molar-refractivity contribution in [1.29, 1.82) is 0 Å². The molecule has 17 heavy (non-hydrogen) atoms. The molecule has 86 valence electrons. The van der Waals surface area contributed by atoms with E-state index in [9.17, 15) is 9.18 Å². The first-order chi connectivity index (χ1) is 8.08. The fourth-order valence-corrected chi connectivity index (χ4v) is 1.86. The van der Waals surface area contributed by atoms with Crippen molar-refractivity contribution in [3.63, 3.8) is 0 Å². The van der Waals surface area contributed by atoms with Gasteiger partial charge in [0.1, 0.15) is 5.82 Å². The van der Waals surface area contributed by atoms with E-state index in [1.54, 1.807) is 18.2 Å². The Morgan fingerprint density at radius 3 is 2.65 bits per heavy atom. The zero-order valence-corrected chi connectivity index (χ0v) is 11.4. The molecule has 0 spiro atoms. The molecule has 0 aliphatic rings. The summed E-state index contributed by atoms with van der Waals surface area (Å²) in [7, 11) is 0. The molecule has 0 N–H and O–H groups in total. The van der Waals surface area contributed by atoms with Crippen molar-refractivity contribution in [1.82, 2.24) is 4.98 Å². The van der Waals surface area contributed by atoms with Gasteiger partial charge in [-0.15, -0.1) is 0 Å². The number of aromatic nitrogens is 1. The number of carbonyl (C=O) groups is 1. The molecule has 0 saturated heterocycles. The predicted molar refractivity (Wildman–Crippen MR) is 71.8 cm³/mol. The van der Waals surface area contributed by atoms with E-state index in [0.29, 0.717) is 10.6 Å². The van der Waals surface area contributed by atoms with Crippen molar-refractivity contribution in [3.05, 3.63) is 62.2 Å². The molecule has 1 heterocycles. The number of hydrogen-bond donors (Lipinski definition) is 0. The van der Waals surface area contributed by atoms with Crippen LogP contribution in [0.4, 0.5) is 4.39 Å². The molecule has 0 amide bonds. The molecule has 0 unspecified atom stereocenters. The topological polar surface area (TPSA) is 30.0 Å². The van der Waals surface area contributed by atoms with Gasteiger partial charge in [-0.1, -0.05) is 11.6 Å². The van der Waals surface area contributed by atoms with Crippen molar-refractivity contribution in [2.75, 3.05) is 0 Å². The van der Waals surface area contributed by atoms with E-state index < -0.39 is 5.82 Å². The van der Waals surface area contributed by atoms with Gasteiger partial charge in [0.05, 0.1) is 11.2 Å². The molecule has 5 heteroatoms. The normalized spacial score (nSPS) is 10.3. The maximum absolute atomic E-state index is 12.9. The number of halogens is 3. The van der Waals surface area contributed by atoms with Gasteiger partial charge in [-0.2, -0.15) is 0 Å². The first-order valence-corrected chi connectivity index (χ1v) is 6.14.